The summed E-state index contributed by atoms with van der Waals surface area (Å²) < 4.78 is 1.53. The lowest BCUT2D eigenvalue weighted by Gasteiger charge is -2.16. The van der Waals surface area contributed by atoms with Crippen LogP contribution in [0.2, 0.25) is 0 Å². The van der Waals surface area contributed by atoms with Crippen LogP contribution in [-0.4, -0.2) is 35.4 Å². The molecule has 3 aromatic carbocycles. The van der Waals surface area contributed by atoms with Crippen molar-refractivity contribution in [1.82, 2.24) is 0 Å². The smallest absolute Gasteiger partial charge is 0.279 e. The largest absolute Gasteiger partial charge is 0.507 e. The predicted molar refractivity (Wildman–Crippen MR) is 132 cm³/mol. The minimum Gasteiger partial charge on any atom is -0.507 e. The van der Waals surface area contributed by atoms with Crippen molar-refractivity contribution in [2.24, 2.45) is 10.2 Å². The summed E-state index contributed by atoms with van der Waals surface area (Å²) in [4.78, 5) is 27.0. The molecule has 32 heavy (non-hydrogen) atoms. The Morgan fingerprint density at radius 1 is 1.03 bits per heavy atom. The van der Waals surface area contributed by atoms with E-state index in [1.54, 1.807) is 42.5 Å². The molecule has 1 aliphatic heterocycles. The molecule has 0 aromatic heterocycles. The molecule has 1 heterocycles. The number of fused-ring (bicyclic) bond motifs is 1. The molecule has 160 valence electrons. The third-order valence-corrected chi connectivity index (χ3v) is 5.64. The van der Waals surface area contributed by atoms with Crippen molar-refractivity contribution in [2.75, 3.05) is 16.8 Å². The number of halogens is 2. The molecule has 2 amide bonds. The number of phenolic OH excluding ortho intramolecular Hbond substituents is 1. The SMILES string of the molecule is O=C(CN1C(=O)/C(=N\N=C\c2cc(Br)ccc2O)c2cc(Br)ccc21)Nc1ccccc1. The number of hydrogen-bond acceptors (Lipinski definition) is 5. The van der Waals surface area contributed by atoms with Crippen molar-refractivity contribution in [3.05, 3.63) is 86.8 Å². The van der Waals surface area contributed by atoms with Crippen molar-refractivity contribution >= 4 is 67.0 Å². The van der Waals surface area contributed by atoms with Crippen LogP contribution in [0, 0.1) is 0 Å². The average Bonchev–Trinajstić information content (AvgIpc) is 3.02. The number of aromatic hydroxyl groups is 1. The molecule has 0 radical (unpaired) electrons. The fourth-order valence-electron chi connectivity index (χ4n) is 3.18. The van der Waals surface area contributed by atoms with Gasteiger partial charge >= 0.3 is 0 Å². The molecular weight excluding hydrogens is 540 g/mol. The third-order valence-electron chi connectivity index (χ3n) is 4.66. The Balaban J connectivity index is 1.60. The Bertz CT molecular complexity index is 1260. The lowest BCUT2D eigenvalue weighted by atomic mass is 10.1. The Morgan fingerprint density at radius 3 is 2.53 bits per heavy atom. The second kappa shape index (κ2) is 9.46. The normalized spacial score (nSPS) is 14.2. The molecule has 0 unspecified atom stereocenters. The fourth-order valence-corrected chi connectivity index (χ4v) is 3.92. The molecule has 0 aliphatic carbocycles. The van der Waals surface area contributed by atoms with E-state index in [1.807, 2.05) is 18.2 Å². The Morgan fingerprint density at radius 2 is 1.75 bits per heavy atom. The number of nitrogens with one attached hydrogen (secondary N) is 1. The van der Waals surface area contributed by atoms with Gasteiger partial charge in [0.2, 0.25) is 5.91 Å². The number of benzene rings is 3. The van der Waals surface area contributed by atoms with E-state index in [0.29, 0.717) is 22.5 Å². The molecule has 0 saturated heterocycles. The summed E-state index contributed by atoms with van der Waals surface area (Å²) in [6, 6.07) is 19.2. The average molecular weight is 556 g/mol. The molecule has 0 spiro atoms. The molecule has 7 nitrogen and oxygen atoms in total. The topological polar surface area (TPSA) is 94.4 Å². The van der Waals surface area contributed by atoms with Gasteiger partial charge in [-0.1, -0.05) is 50.1 Å². The van der Waals surface area contributed by atoms with Gasteiger partial charge in [-0.05, 0) is 48.5 Å². The molecule has 4 rings (SSSR count). The quantitative estimate of drug-likeness (QED) is 0.352. The second-order valence-corrected chi connectivity index (χ2v) is 8.69. The highest BCUT2D eigenvalue weighted by Crippen LogP contribution is 2.32. The van der Waals surface area contributed by atoms with Crippen molar-refractivity contribution in [3.63, 3.8) is 0 Å². The summed E-state index contributed by atoms with van der Waals surface area (Å²) in [6.45, 7) is -0.169. The highest BCUT2D eigenvalue weighted by Gasteiger charge is 2.35. The van der Waals surface area contributed by atoms with E-state index < -0.39 is 5.91 Å². The summed E-state index contributed by atoms with van der Waals surface area (Å²) in [7, 11) is 0. The minimum atomic E-state index is -0.433. The summed E-state index contributed by atoms with van der Waals surface area (Å²) in [5.41, 5.74) is 2.34. The number of nitrogens with zero attached hydrogens (tertiary/aromatic N) is 3. The van der Waals surface area contributed by atoms with Crippen molar-refractivity contribution in [2.45, 2.75) is 0 Å². The van der Waals surface area contributed by atoms with Crippen LogP contribution in [0.4, 0.5) is 11.4 Å². The first-order chi connectivity index (χ1) is 15.4. The number of hydrogen-bond donors (Lipinski definition) is 2. The first-order valence-electron chi connectivity index (χ1n) is 9.48. The highest BCUT2D eigenvalue weighted by atomic mass is 79.9. The number of amides is 2. The van der Waals surface area contributed by atoms with Crippen molar-refractivity contribution in [3.8, 4) is 5.75 Å². The maximum absolute atomic E-state index is 13.1. The van der Waals surface area contributed by atoms with Gasteiger partial charge in [0.15, 0.2) is 5.71 Å². The molecule has 0 bridgehead atoms. The standard InChI is InChI=1S/C23H16Br2N4O3/c24-15-7-9-20(30)14(10-15)12-26-28-22-18-11-16(25)6-8-19(18)29(23(22)32)13-21(31)27-17-4-2-1-3-5-17/h1-12,30H,13H2,(H,27,31)/b26-12+,28-22-. The summed E-state index contributed by atoms with van der Waals surface area (Å²) >= 11 is 6.74. The van der Waals surface area contributed by atoms with Gasteiger partial charge in [-0.15, -0.1) is 5.10 Å². The summed E-state index contributed by atoms with van der Waals surface area (Å²) in [6.07, 6.45) is 1.36. The van der Waals surface area contributed by atoms with E-state index in [-0.39, 0.29) is 23.9 Å². The maximum Gasteiger partial charge on any atom is 0.279 e. The molecule has 9 heteroatoms. The van der Waals surface area contributed by atoms with Crippen LogP contribution in [0.15, 0.2) is 85.9 Å². The van der Waals surface area contributed by atoms with E-state index >= 15 is 0 Å². The number of rotatable bonds is 5. The van der Waals surface area contributed by atoms with Gasteiger partial charge in [0.1, 0.15) is 12.3 Å². The van der Waals surface area contributed by atoms with Crippen molar-refractivity contribution < 1.29 is 14.7 Å². The van der Waals surface area contributed by atoms with Crippen molar-refractivity contribution in [1.29, 1.82) is 0 Å². The van der Waals surface area contributed by atoms with Crippen LogP contribution in [0.1, 0.15) is 11.1 Å². The predicted octanol–water partition coefficient (Wildman–Crippen LogP) is 4.73. The number of anilines is 2. The first-order valence-corrected chi connectivity index (χ1v) is 11.1. The zero-order valence-corrected chi connectivity index (χ0v) is 19.7. The summed E-state index contributed by atoms with van der Waals surface area (Å²) in [5.74, 6) is -0.726. The van der Waals surface area contributed by atoms with Gasteiger partial charge in [-0.2, -0.15) is 5.10 Å². The summed E-state index contributed by atoms with van der Waals surface area (Å²) in [5, 5.41) is 20.8. The number of phenols is 1. The highest BCUT2D eigenvalue weighted by molar-refractivity contribution is 9.10. The lowest BCUT2D eigenvalue weighted by Crippen LogP contribution is -2.37. The zero-order chi connectivity index (χ0) is 22.7. The molecule has 0 fully saturated rings. The molecular formula is C23H16Br2N4O3. The zero-order valence-electron chi connectivity index (χ0n) is 16.5. The Labute approximate surface area is 200 Å². The van der Waals surface area contributed by atoms with Gasteiger partial charge in [0, 0.05) is 25.8 Å². The van der Waals surface area contributed by atoms with Gasteiger partial charge in [-0.25, -0.2) is 0 Å². The Kier molecular flexibility index (Phi) is 6.48. The van der Waals surface area contributed by atoms with E-state index in [2.05, 4.69) is 47.4 Å². The number of carbonyl (C=O) groups is 2. The van der Waals surface area contributed by atoms with E-state index in [0.717, 1.165) is 8.95 Å². The second-order valence-electron chi connectivity index (χ2n) is 6.86. The van der Waals surface area contributed by atoms with Gasteiger partial charge in [-0.3, -0.25) is 14.5 Å². The number of para-hydroxylation sites is 1. The number of carbonyl (C=O) groups excluding carboxylic acids is 2. The Hall–Kier alpha value is -3.30. The van der Waals surface area contributed by atoms with Crippen LogP contribution in [0.25, 0.3) is 0 Å². The van der Waals surface area contributed by atoms with Gasteiger partial charge < -0.3 is 10.4 Å². The lowest BCUT2D eigenvalue weighted by molar-refractivity contribution is -0.118. The monoisotopic (exact) mass is 554 g/mol. The first kappa shape index (κ1) is 21.9. The minimum absolute atomic E-state index is 0.0391. The van der Waals surface area contributed by atoms with E-state index in [9.17, 15) is 14.7 Å². The molecule has 0 saturated carbocycles. The van der Waals surface area contributed by atoms with Crippen LogP contribution >= 0.6 is 31.9 Å². The van der Waals surface area contributed by atoms with Crippen LogP contribution < -0.4 is 10.2 Å². The van der Waals surface area contributed by atoms with Crippen LogP contribution in [0.3, 0.4) is 0 Å². The fraction of sp³-hybridized carbons (Fsp3) is 0.0435. The molecule has 2 N–H and O–H groups in total. The molecule has 0 atom stereocenters. The van der Waals surface area contributed by atoms with Gasteiger partial charge in [0.25, 0.3) is 5.91 Å². The van der Waals surface area contributed by atoms with E-state index in [4.69, 9.17) is 0 Å². The maximum atomic E-state index is 13.1. The van der Waals surface area contributed by atoms with E-state index in [1.165, 1.54) is 17.2 Å². The molecule has 3 aromatic rings. The molecule has 1 aliphatic rings. The third kappa shape index (κ3) is 4.79. The van der Waals surface area contributed by atoms with Crippen LogP contribution in [-0.2, 0) is 9.59 Å². The van der Waals surface area contributed by atoms with Crippen LogP contribution in [0.5, 0.6) is 5.75 Å². The van der Waals surface area contributed by atoms with Gasteiger partial charge in [0.05, 0.1) is 11.9 Å².